The third kappa shape index (κ3) is 1.58. The van der Waals surface area contributed by atoms with Crippen LogP contribution in [-0.4, -0.2) is 20.7 Å². The first-order valence-electron chi connectivity index (χ1n) is 3.50. The maximum absolute atomic E-state index is 8.41. The second-order valence-electron chi connectivity index (χ2n) is 2.24. The van der Waals surface area contributed by atoms with Crippen molar-refractivity contribution >= 4 is 5.71 Å². The molecule has 0 unspecified atom stereocenters. The largest absolute Gasteiger partial charge is 0.411 e. The Kier molecular flexibility index (Phi) is 2.25. The predicted octanol–water partition coefficient (Wildman–Crippen LogP) is 1.10. The maximum atomic E-state index is 8.41. The fourth-order valence-electron chi connectivity index (χ4n) is 0.782. The monoisotopic (exact) mass is 153 g/mol. The lowest BCUT2D eigenvalue weighted by molar-refractivity contribution is 0.319. The topological polar surface area (TPSA) is 50.4 Å². The zero-order chi connectivity index (χ0) is 8.27. The molecule has 4 heteroatoms. The van der Waals surface area contributed by atoms with E-state index in [2.05, 4.69) is 10.3 Å². The van der Waals surface area contributed by atoms with Gasteiger partial charge in [0.1, 0.15) is 11.4 Å². The number of oxime groups is 1. The van der Waals surface area contributed by atoms with Crippen LogP contribution in [0.4, 0.5) is 0 Å². The van der Waals surface area contributed by atoms with E-state index in [1.807, 2.05) is 19.2 Å². The van der Waals surface area contributed by atoms with Gasteiger partial charge >= 0.3 is 0 Å². The minimum atomic E-state index is 0.539. The van der Waals surface area contributed by atoms with E-state index in [0.717, 1.165) is 6.54 Å². The summed E-state index contributed by atoms with van der Waals surface area (Å²) in [5.41, 5.74) is 1.26. The highest BCUT2D eigenvalue weighted by atomic mass is 16.4. The highest BCUT2D eigenvalue weighted by Gasteiger charge is 2.00. The van der Waals surface area contributed by atoms with Gasteiger partial charge in [0.05, 0.1) is 0 Å². The van der Waals surface area contributed by atoms with Crippen molar-refractivity contribution in [3.05, 3.63) is 18.0 Å². The zero-order valence-electron chi connectivity index (χ0n) is 6.65. The Morgan fingerprint density at radius 1 is 1.82 bits per heavy atom. The number of rotatable bonds is 2. The van der Waals surface area contributed by atoms with Crippen molar-refractivity contribution < 1.29 is 5.21 Å². The Morgan fingerprint density at radius 2 is 2.55 bits per heavy atom. The Labute approximate surface area is 65.1 Å². The van der Waals surface area contributed by atoms with Gasteiger partial charge in [0.25, 0.3) is 0 Å². The summed E-state index contributed by atoms with van der Waals surface area (Å²) < 4.78 is 1.78. The summed E-state index contributed by atoms with van der Waals surface area (Å²) in [5.74, 6) is 0. The first-order chi connectivity index (χ1) is 5.27. The van der Waals surface area contributed by atoms with E-state index >= 15 is 0 Å². The van der Waals surface area contributed by atoms with Crippen LogP contribution in [0, 0.1) is 0 Å². The molecule has 4 nitrogen and oxygen atoms in total. The number of hydrogen-bond acceptors (Lipinski definition) is 3. The summed E-state index contributed by atoms with van der Waals surface area (Å²) >= 11 is 0. The van der Waals surface area contributed by atoms with E-state index in [1.54, 1.807) is 11.6 Å². The van der Waals surface area contributed by atoms with Gasteiger partial charge in [-0.3, -0.25) is 4.68 Å². The standard InChI is InChI=1S/C7H11N3O/c1-3-10-5-4-7(8-10)6(2)9-11/h4-5,11H,3H2,1-2H3. The molecule has 0 atom stereocenters. The molecule has 1 N–H and O–H groups in total. The zero-order valence-corrected chi connectivity index (χ0v) is 6.65. The molecular formula is C7H11N3O. The molecule has 0 saturated carbocycles. The quantitative estimate of drug-likeness (QED) is 0.393. The lowest BCUT2D eigenvalue weighted by Gasteiger charge is -1.92. The van der Waals surface area contributed by atoms with E-state index in [1.165, 1.54) is 0 Å². The van der Waals surface area contributed by atoms with Crippen LogP contribution in [-0.2, 0) is 6.54 Å². The van der Waals surface area contributed by atoms with Gasteiger partial charge in [0, 0.05) is 12.7 Å². The molecule has 0 aliphatic heterocycles. The van der Waals surface area contributed by atoms with E-state index in [4.69, 9.17) is 5.21 Å². The minimum absolute atomic E-state index is 0.539. The first-order valence-corrected chi connectivity index (χ1v) is 3.50. The van der Waals surface area contributed by atoms with Crippen LogP contribution in [0.15, 0.2) is 17.4 Å². The molecule has 0 amide bonds. The van der Waals surface area contributed by atoms with Crippen LogP contribution >= 0.6 is 0 Å². The summed E-state index contributed by atoms with van der Waals surface area (Å²) in [7, 11) is 0. The Bertz CT molecular complexity index is 264. The molecule has 0 aromatic carbocycles. The molecule has 0 aliphatic carbocycles. The van der Waals surface area contributed by atoms with E-state index in [-0.39, 0.29) is 0 Å². The van der Waals surface area contributed by atoms with Crippen molar-refractivity contribution in [3.63, 3.8) is 0 Å². The number of aromatic nitrogens is 2. The molecule has 60 valence electrons. The highest BCUT2D eigenvalue weighted by molar-refractivity contribution is 5.96. The normalized spacial score (nSPS) is 12.0. The van der Waals surface area contributed by atoms with Crippen molar-refractivity contribution in [1.29, 1.82) is 0 Å². The number of hydrogen-bond donors (Lipinski definition) is 1. The van der Waals surface area contributed by atoms with Gasteiger partial charge in [-0.25, -0.2) is 0 Å². The summed E-state index contributed by atoms with van der Waals surface area (Å²) in [6.07, 6.45) is 1.85. The minimum Gasteiger partial charge on any atom is -0.411 e. The van der Waals surface area contributed by atoms with Gasteiger partial charge in [-0.05, 0) is 19.9 Å². The first kappa shape index (κ1) is 7.78. The van der Waals surface area contributed by atoms with E-state index < -0.39 is 0 Å². The SMILES string of the molecule is CCn1ccc(C(C)=NO)n1. The summed E-state index contributed by atoms with van der Waals surface area (Å²) in [4.78, 5) is 0. The Hall–Kier alpha value is -1.32. The molecule has 0 spiro atoms. The molecule has 0 radical (unpaired) electrons. The van der Waals surface area contributed by atoms with Crippen LogP contribution in [0.3, 0.4) is 0 Å². The molecule has 0 aliphatic rings. The smallest absolute Gasteiger partial charge is 0.110 e. The molecule has 1 aromatic rings. The third-order valence-corrected chi connectivity index (χ3v) is 1.49. The molecular weight excluding hydrogens is 142 g/mol. The second-order valence-corrected chi connectivity index (χ2v) is 2.24. The highest BCUT2D eigenvalue weighted by Crippen LogP contribution is 1.96. The van der Waals surface area contributed by atoms with E-state index in [9.17, 15) is 0 Å². The van der Waals surface area contributed by atoms with E-state index in [0.29, 0.717) is 11.4 Å². The number of nitrogens with zero attached hydrogens (tertiary/aromatic N) is 3. The second kappa shape index (κ2) is 3.18. The van der Waals surface area contributed by atoms with Gasteiger partial charge in [-0.2, -0.15) is 5.10 Å². The van der Waals surface area contributed by atoms with Gasteiger partial charge in [-0.15, -0.1) is 0 Å². The van der Waals surface area contributed by atoms with Gasteiger partial charge in [0.15, 0.2) is 0 Å². The van der Waals surface area contributed by atoms with Crippen molar-refractivity contribution in [2.45, 2.75) is 20.4 Å². The van der Waals surface area contributed by atoms with Crippen molar-refractivity contribution in [1.82, 2.24) is 9.78 Å². The molecule has 0 fully saturated rings. The van der Waals surface area contributed by atoms with Crippen LogP contribution in [0.25, 0.3) is 0 Å². The summed E-state index contributed by atoms with van der Waals surface area (Å²) in [5, 5.41) is 15.6. The van der Waals surface area contributed by atoms with Gasteiger partial charge in [0.2, 0.25) is 0 Å². The van der Waals surface area contributed by atoms with Crippen LogP contribution in [0.1, 0.15) is 19.5 Å². The lowest BCUT2D eigenvalue weighted by atomic mass is 10.3. The Balaban J connectivity index is 2.89. The molecule has 1 rings (SSSR count). The van der Waals surface area contributed by atoms with Crippen molar-refractivity contribution in [2.75, 3.05) is 0 Å². The van der Waals surface area contributed by atoms with Crippen LogP contribution in [0.5, 0.6) is 0 Å². The van der Waals surface area contributed by atoms with Crippen molar-refractivity contribution in [3.8, 4) is 0 Å². The fraction of sp³-hybridized carbons (Fsp3) is 0.429. The maximum Gasteiger partial charge on any atom is 0.110 e. The van der Waals surface area contributed by atoms with Gasteiger partial charge < -0.3 is 5.21 Å². The van der Waals surface area contributed by atoms with Crippen molar-refractivity contribution in [2.24, 2.45) is 5.16 Å². The Morgan fingerprint density at radius 3 is 3.00 bits per heavy atom. The molecule has 11 heavy (non-hydrogen) atoms. The summed E-state index contributed by atoms with van der Waals surface area (Å²) in [6, 6.07) is 1.82. The average molecular weight is 153 g/mol. The third-order valence-electron chi connectivity index (χ3n) is 1.49. The molecule has 1 aromatic heterocycles. The lowest BCUT2D eigenvalue weighted by Crippen LogP contribution is -1.99. The molecule has 0 bridgehead atoms. The average Bonchev–Trinajstić information content (AvgIpc) is 2.50. The fourth-order valence-corrected chi connectivity index (χ4v) is 0.782. The number of aryl methyl sites for hydroxylation is 1. The molecule has 0 saturated heterocycles. The van der Waals surface area contributed by atoms with Gasteiger partial charge in [-0.1, -0.05) is 5.16 Å². The van der Waals surface area contributed by atoms with Crippen LogP contribution in [0.2, 0.25) is 0 Å². The summed E-state index contributed by atoms with van der Waals surface area (Å²) in [6.45, 7) is 4.54. The van der Waals surface area contributed by atoms with Crippen LogP contribution < -0.4 is 0 Å². The molecule has 1 heterocycles. The predicted molar refractivity (Wildman–Crippen MR) is 41.9 cm³/mol.